The molecule has 0 unspecified atom stereocenters. The number of carbonyl (C=O) groups excluding carboxylic acids is 2. The van der Waals surface area contributed by atoms with Crippen molar-refractivity contribution in [3.63, 3.8) is 0 Å². The topological polar surface area (TPSA) is 141 Å². The van der Waals surface area contributed by atoms with Gasteiger partial charge >= 0.3 is 18.0 Å². The molecule has 2 N–H and O–H groups in total. The number of hydrogen-bond acceptors (Lipinski definition) is 11. The van der Waals surface area contributed by atoms with Gasteiger partial charge in [-0.25, -0.2) is 23.9 Å². The Labute approximate surface area is 312 Å². The summed E-state index contributed by atoms with van der Waals surface area (Å²) in [7, 11) is 0. The Hall–Kier alpha value is -4.70. The highest BCUT2D eigenvalue weighted by Gasteiger charge is 2.43. The SMILES string of the molecule is CCOC(=O)C1=C(CN2CCN3C(=O)N(c4nc(-c5ccc(C(C)(C)C(=O)O)cc5)cs4)C[C@@H]3C2)NC(c2nccs2)=N[C@H]1c1ccc(F)cc1Cl. The number of fused-ring (bicyclic) bond motifs is 1. The number of aliphatic imine (C=N–C) groups is 1. The van der Waals surface area contributed by atoms with E-state index in [1.54, 1.807) is 44.0 Å². The predicted molar refractivity (Wildman–Crippen MR) is 197 cm³/mol. The van der Waals surface area contributed by atoms with Crippen LogP contribution in [0.1, 0.15) is 42.9 Å². The Bertz CT molecular complexity index is 2090. The van der Waals surface area contributed by atoms with Crippen molar-refractivity contribution >= 4 is 63.2 Å². The number of amides is 2. The first kappa shape index (κ1) is 35.7. The zero-order chi connectivity index (χ0) is 36.7. The van der Waals surface area contributed by atoms with Gasteiger partial charge in [0.15, 0.2) is 16.0 Å². The fraction of sp³-hybridized carbons (Fsp3) is 0.333. The van der Waals surface area contributed by atoms with Crippen LogP contribution in [0.3, 0.4) is 0 Å². The van der Waals surface area contributed by atoms with Crippen molar-refractivity contribution in [2.24, 2.45) is 4.99 Å². The third-order valence-corrected chi connectivity index (χ3v) is 11.5. The maximum atomic E-state index is 14.1. The molecule has 7 rings (SSSR count). The van der Waals surface area contributed by atoms with Crippen LogP contribution < -0.4 is 10.2 Å². The number of amidine groups is 1. The zero-order valence-electron chi connectivity index (χ0n) is 28.5. The van der Waals surface area contributed by atoms with Gasteiger partial charge in [-0.2, -0.15) is 0 Å². The molecule has 5 heterocycles. The number of aliphatic carboxylic acids is 1. The van der Waals surface area contributed by atoms with E-state index in [-0.39, 0.29) is 29.3 Å². The average molecular weight is 764 g/mol. The molecular weight excluding hydrogens is 729 g/mol. The van der Waals surface area contributed by atoms with Crippen LogP contribution in [-0.4, -0.2) is 94.1 Å². The van der Waals surface area contributed by atoms with Crippen molar-refractivity contribution in [1.82, 2.24) is 25.1 Å². The van der Waals surface area contributed by atoms with Crippen LogP contribution in [0, 0.1) is 5.82 Å². The highest BCUT2D eigenvalue weighted by atomic mass is 35.5. The standard InChI is InChI=1S/C36H35ClFN7O5S2/c1-4-50-32(46)28-26(40-30(31-39-11-14-51-31)42-29(28)24-10-9-22(38)15-25(24)37)18-43-12-13-44-23(16-43)17-45(35(44)49)34-41-27(19-52-34)20-5-7-21(8-6-20)36(2,3)33(47)48/h5-11,14-15,19,23,29H,4,12-13,16-18H2,1-3H3,(H,40,42)(H,47,48)/t23-,29-/m0/s1. The lowest BCUT2D eigenvalue weighted by Gasteiger charge is -2.38. The predicted octanol–water partition coefficient (Wildman–Crippen LogP) is 5.96. The molecule has 2 aromatic heterocycles. The largest absolute Gasteiger partial charge is 0.481 e. The summed E-state index contributed by atoms with van der Waals surface area (Å²) in [6.07, 6.45) is 1.67. The number of hydrogen-bond donors (Lipinski definition) is 2. The van der Waals surface area contributed by atoms with E-state index in [1.807, 2.05) is 27.8 Å². The molecule has 0 aliphatic carbocycles. The summed E-state index contributed by atoms with van der Waals surface area (Å²) in [6.45, 7) is 7.51. The Balaban J connectivity index is 1.12. The maximum absolute atomic E-state index is 14.1. The molecular formula is C36H35ClFN7O5S2. The minimum absolute atomic E-state index is 0.115. The van der Waals surface area contributed by atoms with E-state index in [2.05, 4.69) is 15.2 Å². The number of ether oxygens (including phenoxy) is 1. The summed E-state index contributed by atoms with van der Waals surface area (Å²) in [5.74, 6) is -1.50. The number of anilines is 1. The van der Waals surface area contributed by atoms with Crippen molar-refractivity contribution < 1.29 is 28.6 Å². The fourth-order valence-electron chi connectivity index (χ4n) is 6.57. The lowest BCUT2D eigenvalue weighted by molar-refractivity contribution is -0.142. The molecule has 0 saturated carbocycles. The molecule has 12 nitrogen and oxygen atoms in total. The summed E-state index contributed by atoms with van der Waals surface area (Å²) in [5, 5.41) is 18.0. The van der Waals surface area contributed by atoms with Crippen LogP contribution in [0.25, 0.3) is 11.3 Å². The molecule has 4 aromatic rings. The minimum Gasteiger partial charge on any atom is -0.481 e. The number of carboxylic acid groups (broad SMARTS) is 1. The number of halogens is 2. The lowest BCUT2D eigenvalue weighted by atomic mass is 9.84. The summed E-state index contributed by atoms with van der Waals surface area (Å²) in [4.78, 5) is 58.7. The van der Waals surface area contributed by atoms with E-state index in [9.17, 15) is 23.9 Å². The number of nitrogens with one attached hydrogen (secondary N) is 1. The molecule has 3 aliphatic rings. The van der Waals surface area contributed by atoms with Crippen LogP contribution in [0.4, 0.5) is 14.3 Å². The van der Waals surface area contributed by atoms with Crippen molar-refractivity contribution in [3.05, 3.63) is 97.7 Å². The summed E-state index contributed by atoms with van der Waals surface area (Å²) in [5.41, 5.74) is 2.50. The van der Waals surface area contributed by atoms with Crippen LogP contribution in [0.15, 0.2) is 75.7 Å². The van der Waals surface area contributed by atoms with Crippen molar-refractivity contribution in [3.8, 4) is 11.3 Å². The van der Waals surface area contributed by atoms with Crippen LogP contribution in [0.5, 0.6) is 0 Å². The number of benzene rings is 2. The van der Waals surface area contributed by atoms with E-state index in [0.717, 1.165) is 5.56 Å². The number of aromatic nitrogens is 2. The van der Waals surface area contributed by atoms with Crippen LogP contribution in [-0.2, 0) is 19.7 Å². The van der Waals surface area contributed by atoms with E-state index in [0.29, 0.717) is 71.2 Å². The number of carbonyl (C=O) groups is 3. The van der Waals surface area contributed by atoms with Gasteiger partial charge in [-0.1, -0.05) is 41.9 Å². The lowest BCUT2D eigenvalue weighted by Crippen LogP contribution is -2.53. The molecule has 0 spiro atoms. The van der Waals surface area contributed by atoms with E-state index in [4.69, 9.17) is 26.3 Å². The number of urea groups is 1. The second kappa shape index (κ2) is 14.4. The van der Waals surface area contributed by atoms with Gasteiger partial charge in [0.1, 0.15) is 11.9 Å². The van der Waals surface area contributed by atoms with Crippen LogP contribution >= 0.6 is 34.3 Å². The number of carboxylic acids is 1. The van der Waals surface area contributed by atoms with Gasteiger partial charge in [0, 0.05) is 65.0 Å². The average Bonchev–Trinajstić information content (AvgIpc) is 3.89. The molecule has 2 aromatic carbocycles. The van der Waals surface area contributed by atoms with Crippen molar-refractivity contribution in [1.29, 1.82) is 0 Å². The molecule has 0 radical (unpaired) electrons. The normalized spacial score (nSPS) is 19.4. The van der Waals surface area contributed by atoms with Gasteiger partial charge in [-0.3, -0.25) is 19.6 Å². The molecule has 0 bridgehead atoms. The molecule has 3 aliphatic heterocycles. The third kappa shape index (κ3) is 6.80. The number of rotatable bonds is 10. The Morgan fingerprint density at radius 3 is 2.62 bits per heavy atom. The number of nitrogens with zero attached hydrogens (tertiary/aromatic N) is 6. The summed E-state index contributed by atoms with van der Waals surface area (Å²) < 4.78 is 19.6. The maximum Gasteiger partial charge on any atom is 0.338 e. The molecule has 52 heavy (non-hydrogen) atoms. The van der Waals surface area contributed by atoms with E-state index in [1.165, 1.54) is 40.9 Å². The number of esters is 1. The summed E-state index contributed by atoms with van der Waals surface area (Å²) in [6, 6.07) is 10.2. The van der Waals surface area contributed by atoms with Gasteiger partial charge in [-0.05, 0) is 38.5 Å². The quantitative estimate of drug-likeness (QED) is 0.188. The van der Waals surface area contributed by atoms with Gasteiger partial charge in [0.2, 0.25) is 0 Å². The number of piperazine rings is 1. The van der Waals surface area contributed by atoms with Crippen LogP contribution in [0.2, 0.25) is 5.02 Å². The minimum atomic E-state index is -1.02. The first-order valence-electron chi connectivity index (χ1n) is 16.6. The Morgan fingerprint density at radius 1 is 1.13 bits per heavy atom. The van der Waals surface area contributed by atoms with E-state index >= 15 is 0 Å². The third-order valence-electron chi connectivity index (χ3n) is 9.49. The molecule has 270 valence electrons. The monoisotopic (exact) mass is 763 g/mol. The molecule has 2 saturated heterocycles. The van der Waals surface area contributed by atoms with Crippen molar-refractivity contribution in [2.75, 3.05) is 44.2 Å². The first-order chi connectivity index (χ1) is 24.9. The second-order valence-electron chi connectivity index (χ2n) is 13.1. The second-order valence-corrected chi connectivity index (χ2v) is 15.3. The smallest absolute Gasteiger partial charge is 0.338 e. The molecule has 16 heteroatoms. The highest BCUT2D eigenvalue weighted by molar-refractivity contribution is 7.14. The fourth-order valence-corrected chi connectivity index (χ4v) is 8.26. The van der Waals surface area contributed by atoms with Gasteiger partial charge in [-0.15, -0.1) is 22.7 Å². The molecule has 2 fully saturated rings. The number of thiazole rings is 2. The summed E-state index contributed by atoms with van der Waals surface area (Å²) >= 11 is 9.31. The van der Waals surface area contributed by atoms with E-state index < -0.39 is 29.2 Å². The molecule has 2 amide bonds. The molecule has 2 atom stereocenters. The Morgan fingerprint density at radius 2 is 1.92 bits per heavy atom. The van der Waals surface area contributed by atoms with Gasteiger partial charge in [0.05, 0.1) is 35.9 Å². The van der Waals surface area contributed by atoms with Gasteiger partial charge < -0.3 is 20.1 Å². The van der Waals surface area contributed by atoms with Gasteiger partial charge in [0.25, 0.3) is 0 Å². The zero-order valence-corrected chi connectivity index (χ0v) is 30.9. The first-order valence-corrected chi connectivity index (χ1v) is 18.8. The highest BCUT2D eigenvalue weighted by Crippen LogP contribution is 2.38. The Kier molecular flexibility index (Phi) is 9.87. The van der Waals surface area contributed by atoms with Crippen molar-refractivity contribution in [2.45, 2.75) is 38.3 Å².